The zero-order valence-corrected chi connectivity index (χ0v) is 15.9. The maximum absolute atomic E-state index is 12.8. The van der Waals surface area contributed by atoms with Gasteiger partial charge in [0, 0.05) is 11.6 Å². The van der Waals surface area contributed by atoms with Crippen molar-refractivity contribution in [3.63, 3.8) is 0 Å². The van der Waals surface area contributed by atoms with Crippen molar-refractivity contribution in [2.45, 2.75) is 0 Å². The first kappa shape index (κ1) is 19.3. The number of nitro benzene ring substituents is 1. The Morgan fingerprint density at radius 1 is 0.967 bits per heavy atom. The lowest BCUT2D eigenvalue weighted by Gasteiger charge is -2.15. The van der Waals surface area contributed by atoms with Gasteiger partial charge in [-0.2, -0.15) is 0 Å². The Kier molecular flexibility index (Phi) is 4.77. The summed E-state index contributed by atoms with van der Waals surface area (Å²) >= 11 is 6.05. The summed E-state index contributed by atoms with van der Waals surface area (Å²) in [6.07, 6.45) is 0. The van der Waals surface area contributed by atoms with E-state index in [0.29, 0.717) is 10.7 Å². The molecule has 0 bridgehead atoms. The van der Waals surface area contributed by atoms with Crippen molar-refractivity contribution in [3.05, 3.63) is 98.6 Å². The number of nitro groups is 1. The van der Waals surface area contributed by atoms with Crippen LogP contribution in [0.25, 0.3) is 0 Å². The van der Waals surface area contributed by atoms with Crippen molar-refractivity contribution in [3.8, 4) is 0 Å². The summed E-state index contributed by atoms with van der Waals surface area (Å²) in [6, 6.07) is 16.4. The maximum atomic E-state index is 12.8. The van der Waals surface area contributed by atoms with Gasteiger partial charge in [0.25, 0.3) is 23.4 Å². The predicted molar refractivity (Wildman–Crippen MR) is 110 cm³/mol. The monoisotopic (exact) mass is 421 g/mol. The lowest BCUT2D eigenvalue weighted by atomic mass is 10.1. The summed E-state index contributed by atoms with van der Waals surface area (Å²) < 4.78 is 0. The van der Waals surface area contributed by atoms with Crippen LogP contribution in [0.3, 0.4) is 0 Å². The molecule has 0 saturated carbocycles. The SMILES string of the molecule is O=C(Nc1ccccc1Cl)c1cccc(N2C(=O)c3cccc([N+](=O)[O-])c3C2=O)c1. The van der Waals surface area contributed by atoms with Gasteiger partial charge in [-0.25, -0.2) is 4.90 Å². The molecule has 1 heterocycles. The van der Waals surface area contributed by atoms with Crippen molar-refractivity contribution in [1.82, 2.24) is 0 Å². The number of rotatable bonds is 4. The normalized spacial score (nSPS) is 12.6. The molecule has 4 rings (SSSR count). The molecule has 0 aliphatic carbocycles. The fourth-order valence-electron chi connectivity index (χ4n) is 3.20. The average molecular weight is 422 g/mol. The quantitative estimate of drug-likeness (QED) is 0.383. The number of amides is 3. The van der Waals surface area contributed by atoms with E-state index in [1.165, 1.54) is 42.5 Å². The minimum absolute atomic E-state index is 0.0554. The van der Waals surface area contributed by atoms with Crippen LogP contribution in [0.2, 0.25) is 5.02 Å². The van der Waals surface area contributed by atoms with Gasteiger partial charge in [-0.1, -0.05) is 35.9 Å². The molecule has 8 nitrogen and oxygen atoms in total. The second kappa shape index (κ2) is 7.41. The van der Waals surface area contributed by atoms with Crippen LogP contribution in [0.5, 0.6) is 0 Å². The third-order valence-electron chi connectivity index (χ3n) is 4.58. The first-order valence-corrected chi connectivity index (χ1v) is 9.08. The largest absolute Gasteiger partial charge is 0.321 e. The highest BCUT2D eigenvalue weighted by Gasteiger charge is 2.41. The number of benzene rings is 3. The fourth-order valence-corrected chi connectivity index (χ4v) is 3.38. The van der Waals surface area contributed by atoms with Crippen LogP contribution in [0.4, 0.5) is 17.1 Å². The van der Waals surface area contributed by atoms with Crippen LogP contribution in [-0.4, -0.2) is 22.6 Å². The minimum atomic E-state index is -0.814. The molecule has 30 heavy (non-hydrogen) atoms. The van der Waals surface area contributed by atoms with Crippen molar-refractivity contribution < 1.29 is 19.3 Å². The van der Waals surface area contributed by atoms with Crippen LogP contribution in [-0.2, 0) is 0 Å². The highest BCUT2D eigenvalue weighted by molar-refractivity contribution is 6.36. The van der Waals surface area contributed by atoms with Crippen molar-refractivity contribution in [2.24, 2.45) is 0 Å². The van der Waals surface area contributed by atoms with E-state index >= 15 is 0 Å². The standard InChI is InChI=1S/C21H12ClN3O5/c22-15-8-1-2-9-16(15)23-19(26)12-5-3-6-13(11-12)24-20(27)14-7-4-10-17(25(29)30)18(14)21(24)28/h1-11H,(H,23,26). The number of carbonyl (C=O) groups is 3. The Hall–Kier alpha value is -4.04. The highest BCUT2D eigenvalue weighted by atomic mass is 35.5. The van der Waals surface area contributed by atoms with E-state index in [4.69, 9.17) is 11.6 Å². The molecule has 0 radical (unpaired) electrons. The van der Waals surface area contributed by atoms with Crippen LogP contribution < -0.4 is 10.2 Å². The number of halogens is 1. The topological polar surface area (TPSA) is 110 Å². The number of hydrogen-bond donors (Lipinski definition) is 1. The second-order valence-corrected chi connectivity index (χ2v) is 6.79. The summed E-state index contributed by atoms with van der Waals surface area (Å²) in [4.78, 5) is 49.6. The van der Waals surface area contributed by atoms with Gasteiger partial charge < -0.3 is 5.32 Å². The molecule has 0 aromatic heterocycles. The van der Waals surface area contributed by atoms with E-state index in [2.05, 4.69) is 5.32 Å². The summed E-state index contributed by atoms with van der Waals surface area (Å²) in [6.45, 7) is 0. The average Bonchev–Trinajstić information content (AvgIpc) is 3.00. The van der Waals surface area contributed by atoms with E-state index in [1.807, 2.05) is 0 Å². The van der Waals surface area contributed by atoms with Crippen LogP contribution in [0.15, 0.2) is 66.7 Å². The Morgan fingerprint density at radius 2 is 1.70 bits per heavy atom. The molecule has 0 unspecified atom stereocenters. The van der Waals surface area contributed by atoms with Gasteiger partial charge in [-0.05, 0) is 36.4 Å². The molecule has 0 spiro atoms. The smallest absolute Gasteiger partial charge is 0.283 e. The van der Waals surface area contributed by atoms with Crippen LogP contribution >= 0.6 is 11.6 Å². The van der Waals surface area contributed by atoms with Crippen molar-refractivity contribution in [2.75, 3.05) is 10.2 Å². The molecule has 3 amide bonds. The number of imide groups is 1. The molecule has 0 saturated heterocycles. The van der Waals surface area contributed by atoms with E-state index in [-0.39, 0.29) is 22.4 Å². The number of fused-ring (bicyclic) bond motifs is 1. The van der Waals surface area contributed by atoms with Gasteiger partial charge in [0.15, 0.2) is 0 Å². The van der Waals surface area contributed by atoms with E-state index in [9.17, 15) is 24.5 Å². The van der Waals surface area contributed by atoms with Gasteiger partial charge >= 0.3 is 0 Å². The van der Waals surface area contributed by atoms with E-state index < -0.39 is 28.3 Å². The Bertz CT molecular complexity index is 1240. The fraction of sp³-hybridized carbons (Fsp3) is 0. The highest BCUT2D eigenvalue weighted by Crippen LogP contribution is 2.34. The minimum Gasteiger partial charge on any atom is -0.321 e. The van der Waals surface area contributed by atoms with E-state index in [1.54, 1.807) is 24.3 Å². The van der Waals surface area contributed by atoms with Gasteiger partial charge in [0.1, 0.15) is 5.56 Å². The second-order valence-electron chi connectivity index (χ2n) is 6.39. The third-order valence-corrected chi connectivity index (χ3v) is 4.91. The summed E-state index contributed by atoms with van der Waals surface area (Å²) in [7, 11) is 0. The van der Waals surface area contributed by atoms with Gasteiger partial charge in [0.2, 0.25) is 0 Å². The summed E-state index contributed by atoms with van der Waals surface area (Å²) in [5, 5.41) is 14.3. The zero-order chi connectivity index (χ0) is 21.4. The molecule has 9 heteroatoms. The van der Waals surface area contributed by atoms with Crippen molar-refractivity contribution in [1.29, 1.82) is 0 Å². The number of para-hydroxylation sites is 1. The molecule has 148 valence electrons. The number of carbonyl (C=O) groups excluding carboxylic acids is 3. The summed E-state index contributed by atoms with van der Waals surface area (Å²) in [5.74, 6) is -2.00. The Balaban J connectivity index is 1.68. The number of nitrogens with zero attached hydrogens (tertiary/aromatic N) is 2. The number of nitrogens with one attached hydrogen (secondary N) is 1. The predicted octanol–water partition coefficient (Wildman–Crippen LogP) is 4.30. The molecular weight excluding hydrogens is 410 g/mol. The van der Waals surface area contributed by atoms with Gasteiger partial charge in [-0.3, -0.25) is 24.5 Å². The molecule has 3 aromatic carbocycles. The van der Waals surface area contributed by atoms with Crippen LogP contribution in [0.1, 0.15) is 31.1 Å². The molecule has 3 aromatic rings. The molecule has 0 atom stereocenters. The molecule has 0 fully saturated rings. The molecule has 1 N–H and O–H groups in total. The first-order valence-electron chi connectivity index (χ1n) is 8.70. The molecule has 1 aliphatic heterocycles. The Morgan fingerprint density at radius 3 is 2.43 bits per heavy atom. The lowest BCUT2D eigenvalue weighted by molar-refractivity contribution is -0.385. The summed E-state index contributed by atoms with van der Waals surface area (Å²) in [5.41, 5.74) is -0.0498. The maximum Gasteiger partial charge on any atom is 0.283 e. The molecular formula is C21H12ClN3O5. The van der Waals surface area contributed by atoms with Crippen LogP contribution in [0, 0.1) is 10.1 Å². The first-order chi connectivity index (χ1) is 14.4. The Labute approximate surface area is 174 Å². The van der Waals surface area contributed by atoms with Crippen molar-refractivity contribution >= 4 is 46.4 Å². The lowest BCUT2D eigenvalue weighted by Crippen LogP contribution is -2.29. The molecule has 1 aliphatic rings. The van der Waals surface area contributed by atoms with E-state index in [0.717, 1.165) is 4.90 Å². The number of hydrogen-bond acceptors (Lipinski definition) is 5. The third kappa shape index (κ3) is 3.19. The van der Waals surface area contributed by atoms with Gasteiger partial charge in [-0.15, -0.1) is 0 Å². The van der Waals surface area contributed by atoms with Gasteiger partial charge in [0.05, 0.1) is 26.9 Å². The zero-order valence-electron chi connectivity index (χ0n) is 15.2. The number of anilines is 2.